The fourth-order valence-corrected chi connectivity index (χ4v) is 2.38. The number of carbonyl (C=O) groups is 2. The van der Waals surface area contributed by atoms with Crippen molar-refractivity contribution < 1.29 is 41.9 Å². The van der Waals surface area contributed by atoms with Crippen LogP contribution in [0.3, 0.4) is 0 Å². The summed E-state index contributed by atoms with van der Waals surface area (Å²) in [6, 6.07) is 0. The molecule has 0 saturated carbocycles. The number of anilines is 1. The Hall–Kier alpha value is -3.22. The average Bonchev–Trinajstić information content (AvgIpc) is 2.93. The Kier molecular flexibility index (Phi) is 5.64. The first kappa shape index (κ1) is 20.1. The number of hydrogen-bond donors (Lipinski definition) is 2. The van der Waals surface area contributed by atoms with Crippen LogP contribution in [0.25, 0.3) is 0 Å². The monoisotopic (exact) mass is 393 g/mol. The van der Waals surface area contributed by atoms with E-state index in [-0.39, 0.29) is 6.54 Å². The number of amides is 1. The van der Waals surface area contributed by atoms with Gasteiger partial charge in [0.25, 0.3) is 5.91 Å². The molecule has 1 aromatic rings. The van der Waals surface area contributed by atoms with Gasteiger partial charge in [0.1, 0.15) is 5.70 Å². The van der Waals surface area contributed by atoms with E-state index in [1.165, 1.54) is 0 Å². The second-order valence-electron chi connectivity index (χ2n) is 5.16. The predicted octanol–water partition coefficient (Wildman–Crippen LogP) is 0.825. The molecule has 1 aliphatic heterocycles. The smallest absolute Gasteiger partial charge is 0.337 e. The average molecular weight is 393 g/mol. The fourth-order valence-electron chi connectivity index (χ4n) is 2.38. The zero-order valence-corrected chi connectivity index (χ0v) is 13.5. The van der Waals surface area contributed by atoms with E-state index in [9.17, 15) is 37.3 Å². The topological polar surface area (TPSA) is 122 Å². The lowest BCUT2D eigenvalue weighted by atomic mass is 10.2. The molecule has 0 radical (unpaired) electrons. The number of carbonyl (C=O) groups excluding carboxylic acids is 2. The molecule has 27 heavy (non-hydrogen) atoms. The number of aliphatic hydroxyl groups is 1. The Morgan fingerprint density at radius 3 is 2.37 bits per heavy atom. The molecule has 1 aromatic carbocycles. The van der Waals surface area contributed by atoms with Crippen LogP contribution in [0.2, 0.25) is 0 Å². The van der Waals surface area contributed by atoms with Gasteiger partial charge in [-0.15, -0.1) is 0 Å². The van der Waals surface area contributed by atoms with Crippen LogP contribution in [0.15, 0.2) is 11.3 Å². The van der Waals surface area contributed by atoms with Crippen LogP contribution < -0.4 is 5.32 Å². The highest BCUT2D eigenvalue weighted by atomic mass is 19.2. The van der Waals surface area contributed by atoms with Crippen molar-refractivity contribution in [1.29, 1.82) is 0 Å². The van der Waals surface area contributed by atoms with Crippen molar-refractivity contribution in [3.8, 4) is 0 Å². The van der Waals surface area contributed by atoms with Gasteiger partial charge in [0.2, 0.25) is 11.6 Å². The molecule has 2 N–H and O–H groups in total. The Labute approximate surface area is 148 Å². The van der Waals surface area contributed by atoms with Crippen LogP contribution in [0.5, 0.6) is 0 Å². The third-order valence-corrected chi connectivity index (χ3v) is 3.63. The van der Waals surface area contributed by atoms with Crippen LogP contribution in [-0.4, -0.2) is 53.6 Å². The van der Waals surface area contributed by atoms with E-state index in [0.717, 1.165) is 12.0 Å². The number of rotatable bonds is 6. The lowest BCUT2D eigenvalue weighted by Crippen LogP contribution is -2.31. The van der Waals surface area contributed by atoms with E-state index in [4.69, 9.17) is 5.11 Å². The molecule has 0 bridgehead atoms. The number of hydrogen-bond acceptors (Lipinski definition) is 7. The normalized spacial score (nSPS) is 14.0. The quantitative estimate of drug-likeness (QED) is 0.183. The van der Waals surface area contributed by atoms with Gasteiger partial charge in [-0.25, -0.2) is 18.0 Å². The van der Waals surface area contributed by atoms with Crippen molar-refractivity contribution in [2.24, 2.45) is 0 Å². The molecule has 0 spiro atoms. The SMILES string of the molecule is COC(=O)C1=C(Nc2c(F)c(F)c(F)c(F)c2[N+](=O)[O-])C(=O)N(CCO)C1. The molecule has 1 heterocycles. The second-order valence-corrected chi connectivity index (χ2v) is 5.16. The number of nitrogens with zero attached hydrogens (tertiary/aromatic N) is 2. The molecule has 0 aliphatic carbocycles. The summed E-state index contributed by atoms with van der Waals surface area (Å²) >= 11 is 0. The van der Waals surface area contributed by atoms with E-state index in [0.29, 0.717) is 0 Å². The molecule has 1 aliphatic rings. The number of esters is 1. The third-order valence-electron chi connectivity index (χ3n) is 3.63. The Morgan fingerprint density at radius 2 is 1.85 bits per heavy atom. The minimum atomic E-state index is -2.41. The molecule has 146 valence electrons. The lowest BCUT2D eigenvalue weighted by molar-refractivity contribution is -0.387. The maximum atomic E-state index is 14.0. The summed E-state index contributed by atoms with van der Waals surface area (Å²) in [6.45, 7) is -1.20. The zero-order chi connectivity index (χ0) is 20.5. The Balaban J connectivity index is 2.64. The molecule has 0 unspecified atom stereocenters. The molecular weight excluding hydrogens is 382 g/mol. The van der Waals surface area contributed by atoms with Gasteiger partial charge in [0.15, 0.2) is 17.3 Å². The summed E-state index contributed by atoms with van der Waals surface area (Å²) in [5.41, 5.74) is -4.47. The molecule has 0 fully saturated rings. The fraction of sp³-hybridized carbons (Fsp3) is 0.286. The number of halogens is 4. The van der Waals surface area contributed by atoms with Gasteiger partial charge >= 0.3 is 11.7 Å². The van der Waals surface area contributed by atoms with E-state index in [1.54, 1.807) is 0 Å². The summed E-state index contributed by atoms with van der Waals surface area (Å²) in [4.78, 5) is 34.5. The summed E-state index contributed by atoms with van der Waals surface area (Å²) in [7, 11) is 0.951. The van der Waals surface area contributed by atoms with E-state index < -0.39 is 75.9 Å². The highest BCUT2D eigenvalue weighted by molar-refractivity contribution is 6.08. The van der Waals surface area contributed by atoms with Gasteiger partial charge in [-0.2, -0.15) is 4.39 Å². The lowest BCUT2D eigenvalue weighted by Gasteiger charge is -2.15. The number of nitro benzene ring substituents is 1. The first-order chi connectivity index (χ1) is 12.6. The number of β-amino-alcohol motifs (C(OH)–C–C–N with tert-alkyl or cyclic N) is 1. The first-order valence-electron chi connectivity index (χ1n) is 7.14. The maximum Gasteiger partial charge on any atom is 0.337 e. The van der Waals surface area contributed by atoms with E-state index >= 15 is 0 Å². The largest absolute Gasteiger partial charge is 0.466 e. The van der Waals surface area contributed by atoms with E-state index in [1.807, 2.05) is 5.32 Å². The molecule has 0 atom stereocenters. The number of nitrogens with one attached hydrogen (secondary N) is 1. The van der Waals surface area contributed by atoms with Crippen molar-refractivity contribution >= 4 is 23.3 Å². The molecule has 0 saturated heterocycles. The van der Waals surface area contributed by atoms with Crippen LogP contribution in [0, 0.1) is 33.4 Å². The third kappa shape index (κ3) is 3.40. The predicted molar refractivity (Wildman–Crippen MR) is 79.3 cm³/mol. The van der Waals surface area contributed by atoms with Crippen LogP contribution in [0.1, 0.15) is 0 Å². The molecular formula is C14H11F4N3O6. The van der Waals surface area contributed by atoms with Crippen molar-refractivity contribution in [3.63, 3.8) is 0 Å². The molecule has 13 heteroatoms. The van der Waals surface area contributed by atoms with Crippen molar-refractivity contribution in [2.45, 2.75) is 0 Å². The van der Waals surface area contributed by atoms with Gasteiger partial charge in [0.05, 0.1) is 30.8 Å². The van der Waals surface area contributed by atoms with Gasteiger partial charge in [-0.1, -0.05) is 0 Å². The zero-order valence-electron chi connectivity index (χ0n) is 13.5. The molecule has 1 amide bonds. The Morgan fingerprint density at radius 1 is 1.26 bits per heavy atom. The minimum Gasteiger partial charge on any atom is -0.466 e. The molecule has 9 nitrogen and oxygen atoms in total. The second kappa shape index (κ2) is 7.57. The number of ether oxygens (including phenoxy) is 1. The van der Waals surface area contributed by atoms with Crippen molar-refractivity contribution in [1.82, 2.24) is 4.90 Å². The number of aliphatic hydroxyl groups excluding tert-OH is 1. The molecule has 0 aromatic heterocycles. The van der Waals surface area contributed by atoms with Crippen LogP contribution in [-0.2, 0) is 14.3 Å². The Bertz CT molecular complexity index is 873. The van der Waals surface area contributed by atoms with Gasteiger partial charge in [0, 0.05) is 6.54 Å². The number of nitro groups is 1. The summed E-state index contributed by atoms with van der Waals surface area (Å²) in [5, 5.41) is 21.7. The van der Waals surface area contributed by atoms with Crippen molar-refractivity contribution in [3.05, 3.63) is 44.7 Å². The molecule has 2 rings (SSSR count). The first-order valence-corrected chi connectivity index (χ1v) is 7.14. The number of benzene rings is 1. The maximum absolute atomic E-state index is 14.0. The summed E-state index contributed by atoms with van der Waals surface area (Å²) in [6.07, 6.45) is 0. The summed E-state index contributed by atoms with van der Waals surface area (Å²) < 4.78 is 59.0. The van der Waals surface area contributed by atoms with Crippen LogP contribution >= 0.6 is 0 Å². The van der Waals surface area contributed by atoms with Gasteiger partial charge < -0.3 is 20.1 Å². The summed E-state index contributed by atoms with van der Waals surface area (Å²) in [5.74, 6) is -11.3. The van der Waals surface area contributed by atoms with Crippen molar-refractivity contribution in [2.75, 3.05) is 32.1 Å². The van der Waals surface area contributed by atoms with Gasteiger partial charge in [-0.05, 0) is 0 Å². The van der Waals surface area contributed by atoms with E-state index in [2.05, 4.69) is 4.74 Å². The van der Waals surface area contributed by atoms with Crippen LogP contribution in [0.4, 0.5) is 28.9 Å². The highest BCUT2D eigenvalue weighted by Gasteiger charge is 2.39. The standard InChI is InChI=1S/C14H11F4N3O6/c1-27-14(24)5-4-20(2-3-22)13(23)10(5)19-11-8(17)6(15)7(16)9(18)12(11)21(25)26/h19,22H,2-4H2,1H3. The van der Waals surface area contributed by atoms with Gasteiger partial charge in [-0.3, -0.25) is 14.9 Å². The number of methoxy groups -OCH3 is 1. The highest BCUT2D eigenvalue weighted by Crippen LogP contribution is 2.36. The minimum absolute atomic E-state index is 0.263.